The van der Waals surface area contributed by atoms with Gasteiger partial charge in [-0.1, -0.05) is 31.9 Å². The molecular weight excluding hydrogens is 405 g/mol. The highest BCUT2D eigenvalue weighted by molar-refractivity contribution is 9.10. The van der Waals surface area contributed by atoms with Gasteiger partial charge in [-0.15, -0.1) is 0 Å². The molecule has 6 heteroatoms. The smallest absolute Gasteiger partial charge is 0.257 e. The lowest BCUT2D eigenvalue weighted by Crippen LogP contribution is -2.26. The van der Waals surface area contributed by atoms with Crippen molar-refractivity contribution in [2.24, 2.45) is 0 Å². The fraction of sp³-hybridized carbons (Fsp3) is 0.133. The Morgan fingerprint density at radius 1 is 1.19 bits per heavy atom. The SMILES string of the molecule is CN(Cc1cc(Br)ccc1F)C(=O)c1ccc(Br)cc1O. The van der Waals surface area contributed by atoms with Gasteiger partial charge < -0.3 is 10.0 Å². The Bertz CT molecular complexity index is 691. The van der Waals surface area contributed by atoms with Gasteiger partial charge in [-0.05, 0) is 36.4 Å². The lowest BCUT2D eigenvalue weighted by Gasteiger charge is -2.18. The van der Waals surface area contributed by atoms with Crippen molar-refractivity contribution in [1.29, 1.82) is 0 Å². The van der Waals surface area contributed by atoms with E-state index >= 15 is 0 Å². The van der Waals surface area contributed by atoms with Gasteiger partial charge >= 0.3 is 0 Å². The molecule has 21 heavy (non-hydrogen) atoms. The minimum atomic E-state index is -0.377. The molecule has 0 saturated carbocycles. The number of aromatic hydroxyl groups is 1. The monoisotopic (exact) mass is 415 g/mol. The molecule has 1 amide bonds. The van der Waals surface area contributed by atoms with Crippen molar-refractivity contribution in [1.82, 2.24) is 4.90 Å². The van der Waals surface area contributed by atoms with Crippen molar-refractivity contribution >= 4 is 37.8 Å². The fourth-order valence-electron chi connectivity index (χ4n) is 1.88. The van der Waals surface area contributed by atoms with Crippen LogP contribution in [0.25, 0.3) is 0 Å². The normalized spacial score (nSPS) is 10.5. The zero-order valence-electron chi connectivity index (χ0n) is 11.1. The third-order valence-electron chi connectivity index (χ3n) is 2.95. The Hall–Kier alpha value is -1.40. The van der Waals surface area contributed by atoms with Gasteiger partial charge in [0, 0.05) is 28.1 Å². The second-order valence-electron chi connectivity index (χ2n) is 4.56. The molecule has 0 heterocycles. The molecule has 0 unspecified atom stereocenters. The van der Waals surface area contributed by atoms with Gasteiger partial charge in [-0.3, -0.25) is 4.79 Å². The number of benzene rings is 2. The number of carbonyl (C=O) groups is 1. The van der Waals surface area contributed by atoms with Gasteiger partial charge in [-0.2, -0.15) is 0 Å². The van der Waals surface area contributed by atoms with Crippen LogP contribution in [0.2, 0.25) is 0 Å². The highest BCUT2D eigenvalue weighted by atomic mass is 79.9. The largest absolute Gasteiger partial charge is 0.507 e. The third kappa shape index (κ3) is 3.83. The predicted molar refractivity (Wildman–Crippen MR) is 85.7 cm³/mol. The summed E-state index contributed by atoms with van der Waals surface area (Å²) in [6.45, 7) is 0.111. The first-order valence-electron chi connectivity index (χ1n) is 6.06. The molecule has 110 valence electrons. The zero-order chi connectivity index (χ0) is 15.6. The highest BCUT2D eigenvalue weighted by Crippen LogP contribution is 2.24. The maximum atomic E-state index is 13.7. The molecule has 0 radical (unpaired) electrons. The summed E-state index contributed by atoms with van der Waals surface area (Å²) < 4.78 is 15.1. The molecule has 0 aliphatic carbocycles. The summed E-state index contributed by atoms with van der Waals surface area (Å²) in [5.41, 5.74) is 0.577. The first kappa shape index (κ1) is 16.0. The lowest BCUT2D eigenvalue weighted by atomic mass is 10.1. The Kier molecular flexibility index (Phi) is 5.00. The molecule has 0 aromatic heterocycles. The van der Waals surface area contributed by atoms with Gasteiger partial charge in [0.1, 0.15) is 11.6 Å². The topological polar surface area (TPSA) is 40.5 Å². The number of amides is 1. The number of phenols is 1. The van der Waals surface area contributed by atoms with Crippen LogP contribution in [0.3, 0.4) is 0 Å². The third-order valence-corrected chi connectivity index (χ3v) is 3.94. The average molecular weight is 417 g/mol. The summed E-state index contributed by atoms with van der Waals surface area (Å²) >= 11 is 6.49. The quantitative estimate of drug-likeness (QED) is 0.808. The van der Waals surface area contributed by atoms with Crippen LogP contribution in [0.5, 0.6) is 5.75 Å². The average Bonchev–Trinajstić information content (AvgIpc) is 2.42. The number of nitrogens with zero attached hydrogens (tertiary/aromatic N) is 1. The molecule has 0 aliphatic heterocycles. The van der Waals surface area contributed by atoms with Gasteiger partial charge in [-0.25, -0.2) is 4.39 Å². The van der Waals surface area contributed by atoms with Gasteiger partial charge in [0.05, 0.1) is 5.56 Å². The first-order valence-corrected chi connectivity index (χ1v) is 7.65. The van der Waals surface area contributed by atoms with E-state index in [1.807, 2.05) is 0 Å². The highest BCUT2D eigenvalue weighted by Gasteiger charge is 2.17. The maximum Gasteiger partial charge on any atom is 0.257 e. The molecule has 0 aliphatic rings. The molecule has 2 aromatic rings. The van der Waals surface area contributed by atoms with Crippen LogP contribution >= 0.6 is 31.9 Å². The molecule has 0 atom stereocenters. The van der Waals surface area contributed by atoms with Crippen molar-refractivity contribution in [3.05, 3.63) is 62.3 Å². The Balaban J connectivity index is 2.21. The van der Waals surface area contributed by atoms with Crippen molar-refractivity contribution in [2.75, 3.05) is 7.05 Å². The van der Waals surface area contributed by atoms with E-state index in [1.54, 1.807) is 25.2 Å². The Morgan fingerprint density at radius 2 is 1.81 bits per heavy atom. The number of halogens is 3. The molecular formula is C15H12Br2FNO2. The molecule has 0 spiro atoms. The number of carbonyl (C=O) groups excluding carboxylic acids is 1. The van der Waals surface area contributed by atoms with Crippen molar-refractivity contribution in [3.8, 4) is 5.75 Å². The number of hydrogen-bond acceptors (Lipinski definition) is 2. The fourth-order valence-corrected chi connectivity index (χ4v) is 2.64. The van der Waals surface area contributed by atoms with E-state index in [4.69, 9.17) is 0 Å². The predicted octanol–water partition coefficient (Wildman–Crippen LogP) is 4.33. The molecule has 0 bridgehead atoms. The molecule has 0 saturated heterocycles. The van der Waals surface area contributed by atoms with E-state index in [9.17, 15) is 14.3 Å². The lowest BCUT2D eigenvalue weighted by molar-refractivity contribution is 0.0781. The first-order chi connectivity index (χ1) is 9.88. The van der Waals surface area contributed by atoms with E-state index in [0.29, 0.717) is 10.0 Å². The molecule has 3 nitrogen and oxygen atoms in total. The maximum absolute atomic E-state index is 13.7. The van der Waals surface area contributed by atoms with E-state index in [2.05, 4.69) is 31.9 Å². The van der Waals surface area contributed by atoms with Crippen LogP contribution < -0.4 is 0 Å². The minimum Gasteiger partial charge on any atom is -0.507 e. The minimum absolute atomic E-state index is 0.111. The van der Waals surface area contributed by atoms with E-state index in [0.717, 1.165) is 4.47 Å². The van der Waals surface area contributed by atoms with Crippen LogP contribution in [-0.2, 0) is 6.54 Å². The van der Waals surface area contributed by atoms with Crippen LogP contribution in [0.1, 0.15) is 15.9 Å². The number of rotatable bonds is 3. The van der Waals surface area contributed by atoms with E-state index in [1.165, 1.54) is 23.1 Å². The molecule has 1 N–H and O–H groups in total. The van der Waals surface area contributed by atoms with Crippen LogP contribution in [0.4, 0.5) is 4.39 Å². The van der Waals surface area contributed by atoms with Gasteiger partial charge in [0.2, 0.25) is 0 Å². The number of phenolic OH excluding ortho intramolecular Hbond substituents is 1. The van der Waals surface area contributed by atoms with Crippen molar-refractivity contribution in [2.45, 2.75) is 6.54 Å². The van der Waals surface area contributed by atoms with Gasteiger partial charge in [0.25, 0.3) is 5.91 Å². The number of hydrogen-bond donors (Lipinski definition) is 1. The second kappa shape index (κ2) is 6.58. The molecule has 2 aromatic carbocycles. The van der Waals surface area contributed by atoms with Crippen LogP contribution in [0.15, 0.2) is 45.3 Å². The van der Waals surface area contributed by atoms with Crippen LogP contribution in [0, 0.1) is 5.82 Å². The summed E-state index contributed by atoms with van der Waals surface area (Å²) in [4.78, 5) is 13.6. The Labute approximate surface area is 138 Å². The summed E-state index contributed by atoms with van der Waals surface area (Å²) in [5, 5.41) is 9.82. The molecule has 2 rings (SSSR count). The Morgan fingerprint density at radius 3 is 2.48 bits per heavy atom. The second-order valence-corrected chi connectivity index (χ2v) is 6.39. The summed E-state index contributed by atoms with van der Waals surface area (Å²) in [7, 11) is 1.56. The summed E-state index contributed by atoms with van der Waals surface area (Å²) in [5.74, 6) is -0.867. The van der Waals surface area contributed by atoms with E-state index in [-0.39, 0.29) is 29.6 Å². The zero-order valence-corrected chi connectivity index (χ0v) is 14.3. The summed E-state index contributed by atoms with van der Waals surface area (Å²) in [6, 6.07) is 9.20. The van der Waals surface area contributed by atoms with Crippen molar-refractivity contribution < 1.29 is 14.3 Å². The van der Waals surface area contributed by atoms with E-state index < -0.39 is 0 Å². The summed E-state index contributed by atoms with van der Waals surface area (Å²) in [6.07, 6.45) is 0. The van der Waals surface area contributed by atoms with Crippen LogP contribution in [-0.4, -0.2) is 23.0 Å². The van der Waals surface area contributed by atoms with Gasteiger partial charge in [0.15, 0.2) is 0 Å². The molecule has 0 fully saturated rings. The van der Waals surface area contributed by atoms with Crippen molar-refractivity contribution in [3.63, 3.8) is 0 Å². The standard InChI is InChI=1S/C15H12Br2FNO2/c1-19(8-9-6-10(16)3-5-13(9)18)15(21)12-4-2-11(17)7-14(12)20/h2-7,20H,8H2,1H3.